The fraction of sp³-hybridized carbons (Fsp3) is 0.400. The normalized spacial score (nSPS) is 16.5. The topological polar surface area (TPSA) is 32.3 Å². The highest BCUT2D eigenvalue weighted by Gasteiger charge is 2.48. The van der Waals surface area contributed by atoms with Crippen molar-refractivity contribution in [3.63, 3.8) is 0 Å². The molecule has 7 aromatic rings. The van der Waals surface area contributed by atoms with Crippen LogP contribution in [-0.2, 0) is 32.5 Å². The number of hydrogen-bond acceptors (Lipinski definition) is 5. The molecule has 0 fully saturated rings. The molecule has 4 nitrogen and oxygen atoms in total. The predicted molar refractivity (Wildman–Crippen MR) is 287 cm³/mol. The van der Waals surface area contributed by atoms with Crippen LogP contribution in [0.4, 0.5) is 34.4 Å². The maximum atomic E-state index is 5.42. The molecule has 0 atom stereocenters. The Bertz CT molecular complexity index is 3090. The Labute approximate surface area is 400 Å². The Kier molecular flexibility index (Phi) is 9.91. The number of rotatable bonds is 3. The van der Waals surface area contributed by atoms with Crippen LogP contribution in [-0.4, -0.2) is 16.7 Å². The van der Waals surface area contributed by atoms with E-state index >= 15 is 0 Å². The van der Waals surface area contributed by atoms with Crippen LogP contribution < -0.4 is 25.5 Å². The van der Waals surface area contributed by atoms with Crippen LogP contribution in [0.15, 0.2) is 103 Å². The van der Waals surface area contributed by atoms with E-state index in [0.29, 0.717) is 0 Å². The molecule has 1 aliphatic carbocycles. The van der Waals surface area contributed by atoms with Gasteiger partial charge in [-0.05, 0) is 132 Å². The minimum absolute atomic E-state index is 0.00815. The van der Waals surface area contributed by atoms with Gasteiger partial charge in [-0.15, -0.1) is 11.3 Å². The van der Waals surface area contributed by atoms with Gasteiger partial charge in [-0.3, -0.25) is 9.80 Å². The molecule has 0 bridgehead atoms. The Hall–Kier alpha value is -5.20. The van der Waals surface area contributed by atoms with Crippen molar-refractivity contribution in [3.8, 4) is 11.1 Å². The van der Waals surface area contributed by atoms with E-state index < -0.39 is 0 Å². The van der Waals surface area contributed by atoms with Gasteiger partial charge in [0.2, 0.25) is 0 Å². The molecule has 3 aliphatic rings. The standard InChI is InChI=1S/C60H69BN4S/c1-55(2,3)37-19-17-36(18-20-37)42-31-38(56(4,5)6)22-27-47(42)65-48-33-40(58(10,11)12)21-26-46(48)61-50-53(62-35-63-54(50)65)64(41-24-25-44-45(34-41)60(15,16)30-29-59(44,13)14)51-43-32-39(57(7,8)9)23-28-49(43)66-52(51)61/h17-28,31-35H,29-30H2,1-16H3. The third-order valence-electron chi connectivity index (χ3n) is 15.3. The number of nitrogens with zero attached hydrogens (tertiary/aromatic N) is 4. The van der Waals surface area contributed by atoms with Crippen LogP contribution >= 0.6 is 11.3 Å². The van der Waals surface area contributed by atoms with Crippen LogP contribution in [0.25, 0.3) is 21.2 Å². The average Bonchev–Trinajstić information content (AvgIpc) is 3.62. The van der Waals surface area contributed by atoms with E-state index in [1.54, 1.807) is 0 Å². The molecule has 2 aromatic heterocycles. The summed E-state index contributed by atoms with van der Waals surface area (Å²) >= 11 is 1.95. The van der Waals surface area contributed by atoms with Crippen molar-refractivity contribution in [2.75, 3.05) is 9.80 Å². The average molecular weight is 889 g/mol. The van der Waals surface area contributed by atoms with E-state index in [0.717, 1.165) is 34.9 Å². The van der Waals surface area contributed by atoms with Crippen molar-refractivity contribution in [1.82, 2.24) is 9.97 Å². The Morgan fingerprint density at radius 2 is 1.08 bits per heavy atom. The number of fused-ring (bicyclic) bond motifs is 7. The molecule has 5 aromatic carbocycles. The molecule has 0 amide bonds. The minimum atomic E-state index is -0.0657. The molecule has 2 aliphatic heterocycles. The monoisotopic (exact) mass is 889 g/mol. The summed E-state index contributed by atoms with van der Waals surface area (Å²) in [6.07, 6.45) is 4.16. The van der Waals surface area contributed by atoms with Gasteiger partial charge in [-0.1, -0.05) is 165 Å². The lowest BCUT2D eigenvalue weighted by Crippen LogP contribution is -2.61. The summed E-state index contributed by atoms with van der Waals surface area (Å²) in [7, 11) is 0. The van der Waals surface area contributed by atoms with Crippen molar-refractivity contribution in [2.24, 2.45) is 0 Å². The molecule has 0 unspecified atom stereocenters. The third-order valence-corrected chi connectivity index (χ3v) is 16.5. The molecule has 6 heteroatoms. The fourth-order valence-corrected chi connectivity index (χ4v) is 12.2. The van der Waals surface area contributed by atoms with Crippen molar-refractivity contribution in [3.05, 3.63) is 137 Å². The Balaban J connectivity index is 1.30. The van der Waals surface area contributed by atoms with Gasteiger partial charge in [0.25, 0.3) is 6.71 Å². The second kappa shape index (κ2) is 14.7. The summed E-state index contributed by atoms with van der Waals surface area (Å²) in [6, 6.07) is 38.2. The molecule has 0 spiro atoms. The smallest absolute Gasteiger partial charge is 0.268 e. The lowest BCUT2D eigenvalue weighted by atomic mass is 9.36. The molecule has 66 heavy (non-hydrogen) atoms. The van der Waals surface area contributed by atoms with Crippen LogP contribution in [0, 0.1) is 0 Å². The highest BCUT2D eigenvalue weighted by Crippen LogP contribution is 2.52. The largest absolute Gasteiger partial charge is 0.295 e. The first kappa shape index (κ1) is 44.6. The zero-order valence-corrected chi connectivity index (χ0v) is 43.3. The van der Waals surface area contributed by atoms with Gasteiger partial charge < -0.3 is 0 Å². The lowest BCUT2D eigenvalue weighted by molar-refractivity contribution is 0.332. The van der Waals surface area contributed by atoms with Crippen molar-refractivity contribution in [1.29, 1.82) is 0 Å². The van der Waals surface area contributed by atoms with E-state index in [2.05, 4.69) is 218 Å². The highest BCUT2D eigenvalue weighted by atomic mass is 32.1. The predicted octanol–water partition coefficient (Wildman–Crippen LogP) is 15.0. The van der Waals surface area contributed by atoms with Gasteiger partial charge in [0, 0.05) is 37.3 Å². The number of benzene rings is 5. The maximum absolute atomic E-state index is 5.42. The van der Waals surface area contributed by atoms with Crippen molar-refractivity contribution in [2.45, 2.75) is 156 Å². The van der Waals surface area contributed by atoms with E-state index in [4.69, 9.17) is 9.97 Å². The first-order valence-corrected chi connectivity index (χ1v) is 25.1. The number of anilines is 6. The molecule has 0 saturated carbocycles. The second-order valence-electron chi connectivity index (χ2n) is 25.1. The van der Waals surface area contributed by atoms with Gasteiger partial charge in [-0.25, -0.2) is 9.97 Å². The molecular formula is C60H69BN4S. The van der Waals surface area contributed by atoms with Crippen LogP contribution in [0.1, 0.15) is 157 Å². The maximum Gasteiger partial charge on any atom is 0.268 e. The summed E-state index contributed by atoms with van der Waals surface area (Å²) < 4.78 is 2.65. The first-order valence-electron chi connectivity index (χ1n) is 24.3. The zero-order chi connectivity index (χ0) is 47.3. The van der Waals surface area contributed by atoms with E-state index in [1.165, 1.54) is 82.6 Å². The number of aromatic nitrogens is 2. The minimum Gasteiger partial charge on any atom is -0.295 e. The molecule has 4 heterocycles. The van der Waals surface area contributed by atoms with Crippen molar-refractivity contribution < 1.29 is 0 Å². The van der Waals surface area contributed by atoms with Gasteiger partial charge in [-0.2, -0.15) is 0 Å². The number of thiophene rings is 1. The van der Waals surface area contributed by atoms with Gasteiger partial charge >= 0.3 is 0 Å². The molecule has 0 saturated heterocycles. The van der Waals surface area contributed by atoms with Crippen LogP contribution in [0.5, 0.6) is 0 Å². The first-order chi connectivity index (χ1) is 30.7. The van der Waals surface area contributed by atoms with E-state index in [-0.39, 0.29) is 39.2 Å². The summed E-state index contributed by atoms with van der Waals surface area (Å²) in [5.41, 5.74) is 17.8. The van der Waals surface area contributed by atoms with Gasteiger partial charge in [0.15, 0.2) is 0 Å². The molecule has 338 valence electrons. The second-order valence-corrected chi connectivity index (χ2v) is 26.2. The molecule has 10 rings (SSSR count). The summed E-state index contributed by atoms with van der Waals surface area (Å²) in [6.45, 7) is 37.4. The lowest BCUT2D eigenvalue weighted by Gasteiger charge is -2.44. The summed E-state index contributed by atoms with van der Waals surface area (Å²) in [5.74, 6) is 1.91. The molecular weight excluding hydrogens is 820 g/mol. The van der Waals surface area contributed by atoms with Gasteiger partial charge in [0.05, 0.1) is 11.4 Å². The highest BCUT2D eigenvalue weighted by molar-refractivity contribution is 7.33. The Morgan fingerprint density at radius 3 is 1.71 bits per heavy atom. The zero-order valence-electron chi connectivity index (χ0n) is 42.5. The fourth-order valence-electron chi connectivity index (χ4n) is 10.9. The third kappa shape index (κ3) is 7.15. The quantitative estimate of drug-likeness (QED) is 0.165. The number of hydrogen-bond donors (Lipinski definition) is 0. The van der Waals surface area contributed by atoms with Crippen molar-refractivity contribution >= 4 is 78.2 Å². The Morgan fingerprint density at radius 1 is 0.530 bits per heavy atom. The molecule has 0 N–H and O–H groups in total. The summed E-state index contributed by atoms with van der Waals surface area (Å²) in [5, 5.41) is 1.29. The van der Waals surface area contributed by atoms with E-state index in [1.807, 2.05) is 17.7 Å². The van der Waals surface area contributed by atoms with Crippen LogP contribution in [0.2, 0.25) is 0 Å². The SMILES string of the molecule is CC(C)(C)c1ccc(-c2cc(C(C)(C)C)ccc2N2c3cc(C(C)(C)C)ccc3B3c4sc5ccc(C(C)(C)C)cc5c4N(c4ccc5c(c4)C(C)(C)CCC5(C)C)c4ncnc2c43)cc1. The van der Waals surface area contributed by atoms with Gasteiger partial charge in [0.1, 0.15) is 18.0 Å². The summed E-state index contributed by atoms with van der Waals surface area (Å²) in [4.78, 5) is 15.9. The van der Waals surface area contributed by atoms with Crippen LogP contribution in [0.3, 0.4) is 0 Å². The molecule has 0 radical (unpaired) electrons. The van der Waals surface area contributed by atoms with E-state index in [9.17, 15) is 0 Å².